The average Bonchev–Trinajstić information content (AvgIpc) is 2.30. The lowest BCUT2D eigenvalue weighted by Gasteiger charge is -2.13. The molecule has 0 heterocycles. The minimum absolute atomic E-state index is 0.0376. The summed E-state index contributed by atoms with van der Waals surface area (Å²) in [6.07, 6.45) is 0.885. The Morgan fingerprint density at radius 1 is 1.47 bits per heavy atom. The van der Waals surface area contributed by atoms with Gasteiger partial charge in [-0.2, -0.15) is 0 Å². The Bertz CT molecular complexity index is 419. The quantitative estimate of drug-likeness (QED) is 0.617. The summed E-state index contributed by atoms with van der Waals surface area (Å²) >= 11 is 0. The van der Waals surface area contributed by atoms with Crippen molar-refractivity contribution in [2.24, 2.45) is 5.73 Å². The number of aromatic hydroxyl groups is 1. The van der Waals surface area contributed by atoms with Gasteiger partial charge in [0.25, 0.3) is 0 Å². The molecule has 0 aliphatic heterocycles. The molecular weight excluding hydrogens is 244 g/mol. The molecule has 0 aliphatic carbocycles. The van der Waals surface area contributed by atoms with Gasteiger partial charge >= 0.3 is 0 Å². The lowest BCUT2D eigenvalue weighted by atomic mass is 10.1. The second-order valence-corrected chi connectivity index (χ2v) is 4.72. The van der Waals surface area contributed by atoms with Gasteiger partial charge in [0.05, 0.1) is 13.0 Å². The topological polar surface area (TPSA) is 84.6 Å². The first-order valence-electron chi connectivity index (χ1n) is 6.46. The number of hydrogen-bond donors (Lipinski definition) is 3. The number of amides is 1. The summed E-state index contributed by atoms with van der Waals surface area (Å²) < 4.78 is 5.55. The summed E-state index contributed by atoms with van der Waals surface area (Å²) in [6.45, 7) is 5.48. The van der Waals surface area contributed by atoms with Gasteiger partial charge in [-0.3, -0.25) is 4.79 Å². The van der Waals surface area contributed by atoms with E-state index in [1.165, 1.54) is 6.07 Å². The number of para-hydroxylation sites is 1. The van der Waals surface area contributed by atoms with Crippen molar-refractivity contribution in [3.05, 3.63) is 23.8 Å². The van der Waals surface area contributed by atoms with E-state index < -0.39 is 5.91 Å². The summed E-state index contributed by atoms with van der Waals surface area (Å²) in [5, 5.41) is 13.0. The zero-order valence-electron chi connectivity index (χ0n) is 11.5. The fraction of sp³-hybridized carbons (Fsp3) is 0.500. The predicted molar refractivity (Wildman–Crippen MR) is 74.3 cm³/mol. The number of hydrogen-bond acceptors (Lipinski definition) is 4. The predicted octanol–water partition coefficient (Wildman–Crippen LogP) is 1.19. The summed E-state index contributed by atoms with van der Waals surface area (Å²) in [4.78, 5) is 11.0. The maximum Gasteiger partial charge on any atom is 0.221 e. The number of carbonyl (C=O) groups is 1. The van der Waals surface area contributed by atoms with Gasteiger partial charge in [0.2, 0.25) is 5.91 Å². The number of phenols is 1. The average molecular weight is 266 g/mol. The zero-order chi connectivity index (χ0) is 14.3. The highest BCUT2D eigenvalue weighted by Gasteiger charge is 2.11. The van der Waals surface area contributed by atoms with Gasteiger partial charge in [-0.1, -0.05) is 26.0 Å². The van der Waals surface area contributed by atoms with E-state index in [4.69, 9.17) is 10.5 Å². The van der Waals surface area contributed by atoms with Crippen LogP contribution in [0.5, 0.6) is 11.5 Å². The van der Waals surface area contributed by atoms with E-state index in [0.29, 0.717) is 24.0 Å². The van der Waals surface area contributed by atoms with Crippen LogP contribution in [0.2, 0.25) is 0 Å². The maximum absolute atomic E-state index is 11.0. The molecule has 0 aliphatic rings. The smallest absolute Gasteiger partial charge is 0.221 e. The van der Waals surface area contributed by atoms with Gasteiger partial charge in [-0.25, -0.2) is 0 Å². The second kappa shape index (κ2) is 7.63. The van der Waals surface area contributed by atoms with Crippen molar-refractivity contribution < 1.29 is 14.6 Å². The molecule has 5 nitrogen and oxygen atoms in total. The first-order chi connectivity index (χ1) is 9.00. The zero-order valence-corrected chi connectivity index (χ0v) is 11.5. The molecule has 1 aromatic carbocycles. The summed E-state index contributed by atoms with van der Waals surface area (Å²) in [6, 6.07) is 5.37. The van der Waals surface area contributed by atoms with Gasteiger partial charge in [0.15, 0.2) is 11.5 Å². The van der Waals surface area contributed by atoms with Crippen LogP contribution in [-0.4, -0.2) is 30.2 Å². The number of ether oxygens (including phenoxy) is 1. The molecule has 0 spiro atoms. The highest BCUT2D eigenvalue weighted by molar-refractivity contribution is 5.77. The van der Waals surface area contributed by atoms with E-state index >= 15 is 0 Å². The van der Waals surface area contributed by atoms with Crippen molar-refractivity contribution in [3.8, 4) is 11.5 Å². The molecule has 0 fully saturated rings. The normalized spacial score (nSPS) is 10.7. The molecule has 1 amide bonds. The monoisotopic (exact) mass is 266 g/mol. The van der Waals surface area contributed by atoms with Crippen LogP contribution in [-0.2, 0) is 11.2 Å². The Hall–Kier alpha value is -1.75. The van der Waals surface area contributed by atoms with Crippen molar-refractivity contribution in [1.82, 2.24) is 5.32 Å². The Balaban J connectivity index is 2.54. The van der Waals surface area contributed by atoms with Gasteiger partial charge in [0.1, 0.15) is 0 Å². The fourth-order valence-electron chi connectivity index (χ4n) is 1.70. The molecule has 0 aromatic heterocycles. The molecule has 0 unspecified atom stereocenters. The van der Waals surface area contributed by atoms with Crippen LogP contribution in [0.4, 0.5) is 0 Å². The third-order valence-corrected chi connectivity index (χ3v) is 2.56. The van der Waals surface area contributed by atoms with Gasteiger partial charge in [0, 0.05) is 11.6 Å². The van der Waals surface area contributed by atoms with Crippen molar-refractivity contribution in [3.63, 3.8) is 0 Å². The number of primary amides is 1. The number of rotatable bonds is 8. The molecule has 1 aromatic rings. The first kappa shape index (κ1) is 15.3. The minimum Gasteiger partial charge on any atom is -0.504 e. The molecule has 0 atom stereocenters. The van der Waals surface area contributed by atoms with Crippen LogP contribution in [0.15, 0.2) is 18.2 Å². The molecule has 4 N–H and O–H groups in total. The van der Waals surface area contributed by atoms with Crippen LogP contribution in [0.1, 0.15) is 25.8 Å². The van der Waals surface area contributed by atoms with E-state index in [2.05, 4.69) is 19.2 Å². The Morgan fingerprint density at radius 3 is 2.84 bits per heavy atom. The van der Waals surface area contributed by atoms with Crippen molar-refractivity contribution in [2.75, 3.05) is 13.2 Å². The Labute approximate surface area is 113 Å². The SMILES string of the molecule is CC(C)NCCCOc1c(O)cccc1CC(N)=O. The van der Waals surface area contributed by atoms with Crippen LogP contribution in [0.25, 0.3) is 0 Å². The molecule has 1 rings (SSSR count). The largest absolute Gasteiger partial charge is 0.504 e. The second-order valence-electron chi connectivity index (χ2n) is 4.72. The molecule has 19 heavy (non-hydrogen) atoms. The fourth-order valence-corrected chi connectivity index (χ4v) is 1.70. The number of phenolic OH excluding ortho intramolecular Hbond substituents is 1. The molecule has 5 heteroatoms. The van der Waals surface area contributed by atoms with Gasteiger partial charge < -0.3 is 20.9 Å². The lowest BCUT2D eigenvalue weighted by molar-refractivity contribution is -0.117. The number of benzene rings is 1. The molecule has 0 saturated carbocycles. The maximum atomic E-state index is 11.0. The van der Waals surface area contributed by atoms with E-state index in [9.17, 15) is 9.90 Å². The van der Waals surface area contributed by atoms with Gasteiger partial charge in [-0.15, -0.1) is 0 Å². The molecular formula is C14H22N2O3. The third-order valence-electron chi connectivity index (χ3n) is 2.56. The number of carbonyl (C=O) groups excluding carboxylic acids is 1. The summed E-state index contributed by atoms with van der Waals surface area (Å²) in [5.74, 6) is -0.0571. The van der Waals surface area contributed by atoms with Crippen LogP contribution in [0.3, 0.4) is 0 Å². The summed E-state index contributed by atoms with van der Waals surface area (Å²) in [7, 11) is 0. The van der Waals surface area contributed by atoms with Crippen molar-refractivity contribution >= 4 is 5.91 Å². The van der Waals surface area contributed by atoms with E-state index in [-0.39, 0.29) is 12.2 Å². The van der Waals surface area contributed by atoms with E-state index in [1.54, 1.807) is 12.1 Å². The van der Waals surface area contributed by atoms with Crippen LogP contribution < -0.4 is 15.8 Å². The first-order valence-corrected chi connectivity index (χ1v) is 6.46. The van der Waals surface area contributed by atoms with Gasteiger partial charge in [-0.05, 0) is 19.0 Å². The van der Waals surface area contributed by atoms with Crippen LogP contribution in [0, 0.1) is 0 Å². The molecule has 0 bridgehead atoms. The Kier molecular flexibility index (Phi) is 6.15. The number of nitrogens with two attached hydrogens (primary N) is 1. The standard InChI is InChI=1S/C14H22N2O3/c1-10(2)16-7-4-8-19-14-11(9-13(15)18)5-3-6-12(14)17/h3,5-6,10,16-17H,4,7-9H2,1-2H3,(H2,15,18). The van der Waals surface area contributed by atoms with E-state index in [1.807, 2.05) is 0 Å². The Morgan fingerprint density at radius 2 is 2.21 bits per heavy atom. The summed E-state index contributed by atoms with van der Waals surface area (Å²) in [5.41, 5.74) is 5.78. The minimum atomic E-state index is -0.447. The molecule has 106 valence electrons. The highest BCUT2D eigenvalue weighted by Crippen LogP contribution is 2.30. The van der Waals surface area contributed by atoms with Crippen molar-refractivity contribution in [1.29, 1.82) is 0 Å². The highest BCUT2D eigenvalue weighted by atomic mass is 16.5. The van der Waals surface area contributed by atoms with Crippen molar-refractivity contribution in [2.45, 2.75) is 32.7 Å². The van der Waals surface area contributed by atoms with E-state index in [0.717, 1.165) is 13.0 Å². The number of nitrogens with one attached hydrogen (secondary N) is 1. The molecule has 0 saturated heterocycles. The lowest BCUT2D eigenvalue weighted by Crippen LogP contribution is -2.24. The molecule has 0 radical (unpaired) electrons. The third kappa shape index (κ3) is 5.61. The van der Waals surface area contributed by atoms with Crippen LogP contribution >= 0.6 is 0 Å².